The van der Waals surface area contributed by atoms with Crippen molar-refractivity contribution in [3.8, 4) is 11.1 Å². The van der Waals surface area contributed by atoms with Gasteiger partial charge in [0, 0.05) is 18.7 Å². The number of sulfonamides is 1. The van der Waals surface area contributed by atoms with Gasteiger partial charge < -0.3 is 15.8 Å². The molecule has 1 aliphatic heterocycles. The molecule has 4 rings (SSSR count). The second-order valence-electron chi connectivity index (χ2n) is 10.1. The van der Waals surface area contributed by atoms with Crippen molar-refractivity contribution in [2.45, 2.75) is 50.0 Å². The third kappa shape index (κ3) is 7.97. The molecule has 8 nitrogen and oxygen atoms in total. The number of nitrogens with one attached hydrogen (secondary N) is 1. The first-order valence-electron chi connectivity index (χ1n) is 13.3. The van der Waals surface area contributed by atoms with Crippen LogP contribution in [0.25, 0.3) is 11.1 Å². The topological polar surface area (TPSA) is 119 Å². The van der Waals surface area contributed by atoms with E-state index in [-0.39, 0.29) is 37.8 Å². The van der Waals surface area contributed by atoms with Crippen molar-refractivity contribution < 1.29 is 27.1 Å². The quantitative estimate of drug-likeness (QED) is 0.293. The van der Waals surface area contributed by atoms with Crippen LogP contribution in [0.15, 0.2) is 83.8 Å². The molecule has 0 aromatic heterocycles. The van der Waals surface area contributed by atoms with Crippen molar-refractivity contribution in [1.82, 2.24) is 9.62 Å². The summed E-state index contributed by atoms with van der Waals surface area (Å²) in [5.41, 5.74) is 8.30. The van der Waals surface area contributed by atoms with Crippen molar-refractivity contribution in [1.29, 1.82) is 0 Å². The molecule has 0 radical (unpaired) electrons. The van der Waals surface area contributed by atoms with E-state index in [0.29, 0.717) is 11.3 Å². The van der Waals surface area contributed by atoms with Crippen molar-refractivity contribution in [2.75, 3.05) is 18.9 Å². The standard InChI is InChI=1S/C30H34FN3O5S2.CH4/c1-20(2)27(32)30(36)39-18-16-26(23-8-12-24(31)13-9-23)33-28(35)29-34(17-19-40-29)41(37,38)25-14-10-22(11-15-25)21-6-4-3-5-7-21;/h3-15,20,26-27,29H,16-19,32H2,1-2H3,(H,33,35);1H4/t26-,27-,29-;/m0./s1. The zero-order chi connectivity index (χ0) is 29.6. The van der Waals surface area contributed by atoms with Crippen LogP contribution in [0.2, 0.25) is 0 Å². The molecule has 1 saturated heterocycles. The minimum Gasteiger partial charge on any atom is -0.464 e. The van der Waals surface area contributed by atoms with Crippen LogP contribution in [-0.4, -0.2) is 54.9 Å². The van der Waals surface area contributed by atoms with Crippen LogP contribution in [0.3, 0.4) is 0 Å². The number of nitrogens with two attached hydrogens (primary N) is 1. The Morgan fingerprint density at radius 1 is 1.02 bits per heavy atom. The van der Waals surface area contributed by atoms with Gasteiger partial charge in [0.2, 0.25) is 15.9 Å². The third-order valence-corrected chi connectivity index (χ3v) is 10.1. The van der Waals surface area contributed by atoms with Crippen LogP contribution in [0, 0.1) is 11.7 Å². The van der Waals surface area contributed by atoms with E-state index in [1.807, 2.05) is 44.2 Å². The molecule has 42 heavy (non-hydrogen) atoms. The fraction of sp³-hybridized carbons (Fsp3) is 0.355. The second-order valence-corrected chi connectivity index (χ2v) is 13.1. The van der Waals surface area contributed by atoms with E-state index < -0.39 is 45.2 Å². The molecule has 11 heteroatoms. The van der Waals surface area contributed by atoms with Crippen LogP contribution in [0.4, 0.5) is 4.39 Å². The Hall–Kier alpha value is -3.25. The van der Waals surface area contributed by atoms with Crippen LogP contribution in [0.5, 0.6) is 0 Å². The minimum absolute atomic E-state index is 0. The summed E-state index contributed by atoms with van der Waals surface area (Å²) in [6.07, 6.45) is 0.193. The fourth-order valence-electron chi connectivity index (χ4n) is 4.40. The number of rotatable bonds is 11. The number of carbonyl (C=O) groups excluding carboxylic acids is 2. The number of halogens is 1. The highest BCUT2D eigenvalue weighted by Gasteiger charge is 2.40. The zero-order valence-corrected chi connectivity index (χ0v) is 24.5. The Morgan fingerprint density at radius 2 is 1.64 bits per heavy atom. The number of amides is 1. The molecule has 0 unspecified atom stereocenters. The Bertz CT molecular complexity index is 1440. The first-order valence-corrected chi connectivity index (χ1v) is 15.8. The van der Waals surface area contributed by atoms with Gasteiger partial charge >= 0.3 is 5.97 Å². The summed E-state index contributed by atoms with van der Waals surface area (Å²) in [5.74, 6) is -1.14. The molecule has 1 fully saturated rings. The maximum Gasteiger partial charge on any atom is 0.323 e. The average Bonchev–Trinajstić information content (AvgIpc) is 3.48. The number of thioether (sulfide) groups is 1. The van der Waals surface area contributed by atoms with Gasteiger partial charge in [0.1, 0.15) is 17.2 Å². The lowest BCUT2D eigenvalue weighted by atomic mass is 10.0. The summed E-state index contributed by atoms with van der Waals surface area (Å²) in [6, 6.07) is 20.4. The predicted molar refractivity (Wildman–Crippen MR) is 164 cm³/mol. The molecule has 3 aromatic rings. The fourth-order valence-corrected chi connectivity index (χ4v) is 7.48. The van der Waals surface area contributed by atoms with Crippen LogP contribution >= 0.6 is 11.8 Å². The first kappa shape index (κ1) is 33.3. The Kier molecular flexibility index (Phi) is 11.7. The van der Waals surface area contributed by atoms with Crippen molar-refractivity contribution in [2.24, 2.45) is 11.7 Å². The number of hydrogen-bond acceptors (Lipinski definition) is 7. The number of nitrogens with zero attached hydrogens (tertiary/aromatic N) is 1. The third-order valence-electron chi connectivity index (χ3n) is 6.87. The van der Waals surface area contributed by atoms with Gasteiger partial charge in [-0.05, 0) is 46.9 Å². The van der Waals surface area contributed by atoms with Crippen molar-refractivity contribution in [3.63, 3.8) is 0 Å². The summed E-state index contributed by atoms with van der Waals surface area (Å²) in [7, 11) is -3.96. The summed E-state index contributed by atoms with van der Waals surface area (Å²) in [4.78, 5) is 25.8. The van der Waals surface area contributed by atoms with E-state index in [2.05, 4.69) is 5.32 Å². The molecule has 1 heterocycles. The van der Waals surface area contributed by atoms with Crippen LogP contribution in [-0.2, 0) is 24.3 Å². The molecule has 3 atom stereocenters. The maximum absolute atomic E-state index is 13.6. The molecular formula is C31H38FN3O5S2. The maximum atomic E-state index is 13.6. The normalized spacial score (nSPS) is 16.8. The van der Waals surface area contributed by atoms with Crippen molar-refractivity contribution in [3.05, 3.63) is 90.2 Å². The Balaban J connectivity index is 0.00000484. The van der Waals surface area contributed by atoms with Gasteiger partial charge in [-0.25, -0.2) is 12.8 Å². The molecule has 0 bridgehead atoms. The van der Waals surface area contributed by atoms with Crippen LogP contribution < -0.4 is 11.1 Å². The monoisotopic (exact) mass is 615 g/mol. The lowest BCUT2D eigenvalue weighted by molar-refractivity contribution is -0.146. The zero-order valence-electron chi connectivity index (χ0n) is 22.9. The van der Waals surface area contributed by atoms with E-state index in [1.54, 1.807) is 24.3 Å². The van der Waals surface area contributed by atoms with Crippen LogP contribution in [0.1, 0.15) is 39.3 Å². The lowest BCUT2D eigenvalue weighted by Crippen LogP contribution is -2.46. The second kappa shape index (κ2) is 14.8. The van der Waals surface area contributed by atoms with Gasteiger partial charge in [-0.1, -0.05) is 75.9 Å². The van der Waals surface area contributed by atoms with Gasteiger partial charge in [-0.3, -0.25) is 9.59 Å². The van der Waals surface area contributed by atoms with Gasteiger partial charge in [-0.2, -0.15) is 4.31 Å². The van der Waals surface area contributed by atoms with E-state index in [0.717, 1.165) is 11.1 Å². The summed E-state index contributed by atoms with van der Waals surface area (Å²) >= 11 is 1.23. The molecule has 3 aromatic carbocycles. The van der Waals surface area contributed by atoms with Gasteiger partial charge in [-0.15, -0.1) is 11.8 Å². The van der Waals surface area contributed by atoms with E-state index in [4.69, 9.17) is 10.5 Å². The highest BCUT2D eigenvalue weighted by Crippen LogP contribution is 2.32. The van der Waals surface area contributed by atoms with Gasteiger partial charge in [0.15, 0.2) is 0 Å². The molecule has 0 saturated carbocycles. The summed E-state index contributed by atoms with van der Waals surface area (Å²) in [5, 5.41) is 1.90. The molecule has 0 spiro atoms. The number of ether oxygens (including phenoxy) is 1. The van der Waals surface area contributed by atoms with E-state index in [9.17, 15) is 22.4 Å². The SMILES string of the molecule is C.CC(C)[C@H](N)C(=O)OCC[C@H](NC(=O)[C@@H]1SCCN1S(=O)(=O)c1ccc(-c2ccccc2)cc1)c1ccc(F)cc1. The molecular weight excluding hydrogens is 577 g/mol. The van der Waals surface area contributed by atoms with E-state index >= 15 is 0 Å². The van der Waals surface area contributed by atoms with Gasteiger partial charge in [0.25, 0.3) is 0 Å². The molecule has 1 amide bonds. The highest BCUT2D eigenvalue weighted by molar-refractivity contribution is 8.02. The number of carbonyl (C=O) groups is 2. The van der Waals surface area contributed by atoms with Gasteiger partial charge in [0.05, 0.1) is 17.5 Å². The largest absolute Gasteiger partial charge is 0.464 e. The predicted octanol–water partition coefficient (Wildman–Crippen LogP) is 4.97. The highest BCUT2D eigenvalue weighted by atomic mass is 32.2. The summed E-state index contributed by atoms with van der Waals surface area (Å²) in [6.45, 7) is 3.76. The number of esters is 1. The smallest absolute Gasteiger partial charge is 0.323 e. The minimum atomic E-state index is -3.96. The molecule has 0 aliphatic carbocycles. The molecule has 226 valence electrons. The Morgan fingerprint density at radius 3 is 2.26 bits per heavy atom. The van der Waals surface area contributed by atoms with E-state index in [1.165, 1.54) is 40.3 Å². The number of hydrogen-bond donors (Lipinski definition) is 2. The average molecular weight is 616 g/mol. The molecule has 1 aliphatic rings. The summed E-state index contributed by atoms with van der Waals surface area (Å²) < 4.78 is 47.3. The van der Waals surface area contributed by atoms with Crippen molar-refractivity contribution >= 4 is 33.7 Å². The molecule has 3 N–H and O–H groups in total. The lowest BCUT2D eigenvalue weighted by Gasteiger charge is -2.26. The number of benzene rings is 3. The first-order chi connectivity index (χ1) is 19.6. The Labute approximate surface area is 251 Å².